The highest BCUT2D eigenvalue weighted by Gasteiger charge is 2.08. The van der Waals surface area contributed by atoms with Crippen molar-refractivity contribution in [2.75, 3.05) is 5.73 Å². The molecule has 76 valence electrons. The van der Waals surface area contributed by atoms with Crippen LogP contribution < -0.4 is 5.73 Å². The summed E-state index contributed by atoms with van der Waals surface area (Å²) in [4.78, 5) is 4.24. The number of pyridine rings is 1. The second-order valence-corrected chi connectivity index (χ2v) is 3.37. The van der Waals surface area contributed by atoms with Gasteiger partial charge in [-0.15, -0.1) is 0 Å². The molecule has 3 heteroatoms. The Bertz CT molecular complexity index is 495. The average Bonchev–Trinajstić information content (AvgIpc) is 2.23. The van der Waals surface area contributed by atoms with Gasteiger partial charge in [0.15, 0.2) is 0 Å². The van der Waals surface area contributed by atoms with Gasteiger partial charge in [-0.2, -0.15) is 0 Å². The van der Waals surface area contributed by atoms with Gasteiger partial charge in [0.05, 0.1) is 11.4 Å². The number of halogens is 1. The summed E-state index contributed by atoms with van der Waals surface area (Å²) in [6.07, 6.45) is 0. The van der Waals surface area contributed by atoms with Crippen LogP contribution in [-0.2, 0) is 0 Å². The van der Waals surface area contributed by atoms with Crippen LogP contribution in [0.4, 0.5) is 10.1 Å². The van der Waals surface area contributed by atoms with Gasteiger partial charge in [-0.1, -0.05) is 12.1 Å². The van der Waals surface area contributed by atoms with E-state index in [2.05, 4.69) is 4.98 Å². The molecule has 0 radical (unpaired) electrons. The quantitative estimate of drug-likeness (QED) is 0.772. The lowest BCUT2D eigenvalue weighted by Crippen LogP contribution is -1.96. The number of hydrogen-bond acceptors (Lipinski definition) is 2. The van der Waals surface area contributed by atoms with Crippen molar-refractivity contribution in [2.45, 2.75) is 6.92 Å². The number of anilines is 1. The molecule has 2 aromatic rings. The molecular formula is C12H11FN2. The van der Waals surface area contributed by atoms with Gasteiger partial charge in [-0.05, 0) is 31.2 Å². The zero-order valence-corrected chi connectivity index (χ0v) is 8.37. The Morgan fingerprint density at radius 3 is 2.60 bits per heavy atom. The molecule has 1 aromatic carbocycles. The molecule has 15 heavy (non-hydrogen) atoms. The lowest BCUT2D eigenvalue weighted by Gasteiger charge is -2.06. The minimum Gasteiger partial charge on any atom is -0.397 e. The third-order valence-corrected chi connectivity index (χ3v) is 2.19. The van der Waals surface area contributed by atoms with E-state index in [9.17, 15) is 4.39 Å². The molecule has 0 unspecified atom stereocenters. The van der Waals surface area contributed by atoms with Crippen LogP contribution in [-0.4, -0.2) is 4.98 Å². The highest BCUT2D eigenvalue weighted by molar-refractivity contribution is 5.72. The zero-order chi connectivity index (χ0) is 10.8. The summed E-state index contributed by atoms with van der Waals surface area (Å²) in [6.45, 7) is 1.85. The molecule has 0 saturated heterocycles. The normalized spacial score (nSPS) is 10.3. The molecule has 1 aromatic heterocycles. The van der Waals surface area contributed by atoms with Gasteiger partial charge in [0.25, 0.3) is 0 Å². The van der Waals surface area contributed by atoms with E-state index in [0.717, 1.165) is 5.69 Å². The lowest BCUT2D eigenvalue weighted by molar-refractivity contribution is 0.631. The molecule has 2 rings (SSSR count). The van der Waals surface area contributed by atoms with Crippen LogP contribution in [0.5, 0.6) is 0 Å². The van der Waals surface area contributed by atoms with Crippen LogP contribution in [0.1, 0.15) is 5.69 Å². The van der Waals surface area contributed by atoms with Gasteiger partial charge in [0.2, 0.25) is 0 Å². The van der Waals surface area contributed by atoms with Crippen molar-refractivity contribution < 1.29 is 4.39 Å². The number of benzene rings is 1. The fraction of sp³-hybridized carbons (Fsp3) is 0.0833. The predicted octanol–water partition coefficient (Wildman–Crippen LogP) is 2.78. The van der Waals surface area contributed by atoms with Crippen molar-refractivity contribution in [2.24, 2.45) is 0 Å². The molecule has 0 amide bonds. The summed E-state index contributed by atoms with van der Waals surface area (Å²) in [6, 6.07) is 10.0. The predicted molar refractivity (Wildman–Crippen MR) is 58.8 cm³/mol. The van der Waals surface area contributed by atoms with Crippen molar-refractivity contribution in [3.8, 4) is 11.3 Å². The Kier molecular flexibility index (Phi) is 2.37. The standard InChI is InChI=1S/C12H11FN2/c1-8-6-7-11(14)12(15-8)9-4-2-3-5-10(9)13/h2-7H,14H2,1H3. The Hall–Kier alpha value is -1.90. The number of nitrogens with two attached hydrogens (primary N) is 1. The van der Waals surface area contributed by atoms with E-state index in [1.165, 1.54) is 6.07 Å². The minimum absolute atomic E-state index is 0.303. The summed E-state index contributed by atoms with van der Waals surface area (Å²) in [5, 5.41) is 0. The van der Waals surface area contributed by atoms with E-state index in [0.29, 0.717) is 16.9 Å². The molecule has 0 aliphatic carbocycles. The number of nitrogens with zero attached hydrogens (tertiary/aromatic N) is 1. The Morgan fingerprint density at radius 1 is 1.13 bits per heavy atom. The van der Waals surface area contributed by atoms with Crippen molar-refractivity contribution >= 4 is 5.69 Å². The molecule has 0 saturated carbocycles. The monoisotopic (exact) mass is 202 g/mol. The molecule has 2 N–H and O–H groups in total. The first kappa shape index (κ1) is 9.65. The maximum absolute atomic E-state index is 13.5. The molecular weight excluding hydrogens is 191 g/mol. The van der Waals surface area contributed by atoms with Gasteiger partial charge in [0, 0.05) is 11.3 Å². The summed E-state index contributed by atoms with van der Waals surface area (Å²) >= 11 is 0. The SMILES string of the molecule is Cc1ccc(N)c(-c2ccccc2F)n1. The molecule has 0 spiro atoms. The van der Waals surface area contributed by atoms with Gasteiger partial charge in [-0.25, -0.2) is 4.39 Å². The summed E-state index contributed by atoms with van der Waals surface area (Å²) in [5.74, 6) is -0.303. The molecule has 0 atom stereocenters. The number of aryl methyl sites for hydroxylation is 1. The maximum atomic E-state index is 13.5. The first-order chi connectivity index (χ1) is 7.18. The third kappa shape index (κ3) is 1.81. The highest BCUT2D eigenvalue weighted by atomic mass is 19.1. The maximum Gasteiger partial charge on any atom is 0.132 e. The molecule has 0 aliphatic heterocycles. The fourth-order valence-corrected chi connectivity index (χ4v) is 1.44. The smallest absolute Gasteiger partial charge is 0.132 e. The Labute approximate surface area is 87.6 Å². The van der Waals surface area contributed by atoms with Crippen molar-refractivity contribution in [3.63, 3.8) is 0 Å². The van der Waals surface area contributed by atoms with E-state index >= 15 is 0 Å². The minimum atomic E-state index is -0.303. The zero-order valence-electron chi connectivity index (χ0n) is 8.37. The van der Waals surface area contributed by atoms with Crippen LogP contribution in [0.15, 0.2) is 36.4 Å². The largest absolute Gasteiger partial charge is 0.397 e. The topological polar surface area (TPSA) is 38.9 Å². The number of hydrogen-bond donors (Lipinski definition) is 1. The number of nitrogen functional groups attached to an aromatic ring is 1. The molecule has 2 nitrogen and oxygen atoms in total. The second kappa shape index (κ2) is 3.69. The summed E-state index contributed by atoms with van der Waals surface area (Å²) in [7, 11) is 0. The van der Waals surface area contributed by atoms with E-state index in [1.54, 1.807) is 30.3 Å². The van der Waals surface area contributed by atoms with Gasteiger partial charge < -0.3 is 5.73 Å². The van der Waals surface area contributed by atoms with Crippen molar-refractivity contribution in [3.05, 3.63) is 47.9 Å². The first-order valence-electron chi connectivity index (χ1n) is 4.66. The second-order valence-electron chi connectivity index (χ2n) is 3.37. The van der Waals surface area contributed by atoms with Gasteiger partial charge in [-0.3, -0.25) is 4.98 Å². The van der Waals surface area contributed by atoms with Crippen LogP contribution in [0.25, 0.3) is 11.3 Å². The Balaban J connectivity index is 2.64. The van der Waals surface area contributed by atoms with Gasteiger partial charge in [0.1, 0.15) is 5.82 Å². The molecule has 0 aliphatic rings. The van der Waals surface area contributed by atoms with Gasteiger partial charge >= 0.3 is 0 Å². The number of rotatable bonds is 1. The number of aromatic nitrogens is 1. The van der Waals surface area contributed by atoms with E-state index in [-0.39, 0.29) is 5.82 Å². The molecule has 1 heterocycles. The first-order valence-corrected chi connectivity index (χ1v) is 4.66. The molecule has 0 fully saturated rings. The van der Waals surface area contributed by atoms with Crippen molar-refractivity contribution in [1.82, 2.24) is 4.98 Å². The summed E-state index contributed by atoms with van der Waals surface area (Å²) < 4.78 is 13.5. The Morgan fingerprint density at radius 2 is 1.87 bits per heavy atom. The third-order valence-electron chi connectivity index (χ3n) is 2.19. The average molecular weight is 202 g/mol. The van der Waals surface area contributed by atoms with E-state index in [4.69, 9.17) is 5.73 Å². The molecule has 0 bridgehead atoms. The summed E-state index contributed by atoms with van der Waals surface area (Å²) in [5.41, 5.74) is 8.03. The van der Waals surface area contributed by atoms with Crippen LogP contribution in [0, 0.1) is 12.7 Å². The van der Waals surface area contributed by atoms with E-state index in [1.807, 2.05) is 6.92 Å². The lowest BCUT2D eigenvalue weighted by atomic mass is 10.1. The highest BCUT2D eigenvalue weighted by Crippen LogP contribution is 2.25. The van der Waals surface area contributed by atoms with Crippen LogP contribution >= 0.6 is 0 Å². The van der Waals surface area contributed by atoms with Crippen LogP contribution in [0.2, 0.25) is 0 Å². The van der Waals surface area contributed by atoms with Crippen LogP contribution in [0.3, 0.4) is 0 Å². The van der Waals surface area contributed by atoms with Crippen molar-refractivity contribution in [1.29, 1.82) is 0 Å². The van der Waals surface area contributed by atoms with E-state index < -0.39 is 0 Å². The fourth-order valence-electron chi connectivity index (χ4n) is 1.44.